The smallest absolute Gasteiger partial charge is 0.422 e. The van der Waals surface area contributed by atoms with Crippen molar-refractivity contribution in [2.45, 2.75) is 32.2 Å². The maximum Gasteiger partial charge on any atom is 0.422 e. The number of amides is 1. The number of hydrogen-bond donors (Lipinski definition) is 3. The molecular formula is C20H22F3N5O4. The normalized spacial score (nSPS) is 12.7. The van der Waals surface area contributed by atoms with Gasteiger partial charge in [0, 0.05) is 36.1 Å². The second-order valence-electron chi connectivity index (χ2n) is 7.20. The highest BCUT2D eigenvalue weighted by atomic mass is 19.4. The Morgan fingerprint density at radius 1 is 1.34 bits per heavy atom. The molecule has 0 unspecified atom stereocenters. The molecule has 3 aromatic rings. The van der Waals surface area contributed by atoms with Crippen LogP contribution in [0.25, 0.3) is 10.9 Å². The molecule has 3 aromatic heterocycles. The Morgan fingerprint density at radius 2 is 2.12 bits per heavy atom. The number of hydrogen-bond acceptors (Lipinski definition) is 7. The van der Waals surface area contributed by atoms with E-state index in [1.165, 1.54) is 12.4 Å². The summed E-state index contributed by atoms with van der Waals surface area (Å²) in [6, 6.07) is 3.37. The average Bonchev–Trinajstić information content (AvgIpc) is 3.14. The average molecular weight is 453 g/mol. The first-order valence-corrected chi connectivity index (χ1v) is 9.66. The Hall–Kier alpha value is -3.25. The van der Waals surface area contributed by atoms with Crippen LogP contribution in [0.3, 0.4) is 0 Å². The predicted molar refractivity (Wildman–Crippen MR) is 107 cm³/mol. The monoisotopic (exact) mass is 453 g/mol. The van der Waals surface area contributed by atoms with E-state index in [4.69, 9.17) is 9.84 Å². The van der Waals surface area contributed by atoms with Gasteiger partial charge < -0.3 is 20.3 Å². The molecule has 32 heavy (non-hydrogen) atoms. The van der Waals surface area contributed by atoms with Gasteiger partial charge in [-0.2, -0.15) is 18.3 Å². The van der Waals surface area contributed by atoms with Crippen LogP contribution in [0.2, 0.25) is 0 Å². The Labute approximate surface area is 180 Å². The summed E-state index contributed by atoms with van der Waals surface area (Å²) in [6.07, 6.45) is -0.839. The SMILES string of the molecule is Cc1cc(Cn2cc3c(CC(=O)NC[C@H](O)CO)nccc3n2)cnc1OCC(F)(F)F. The van der Waals surface area contributed by atoms with Crippen LogP contribution in [0.15, 0.2) is 30.7 Å². The first-order valence-electron chi connectivity index (χ1n) is 9.66. The van der Waals surface area contributed by atoms with Crippen molar-refractivity contribution in [3.63, 3.8) is 0 Å². The quantitative estimate of drug-likeness (QED) is 0.444. The van der Waals surface area contributed by atoms with Gasteiger partial charge in [-0.3, -0.25) is 14.5 Å². The van der Waals surface area contributed by atoms with Gasteiger partial charge >= 0.3 is 6.18 Å². The lowest BCUT2D eigenvalue weighted by atomic mass is 10.2. The third kappa shape index (κ3) is 6.37. The van der Waals surface area contributed by atoms with Crippen molar-refractivity contribution in [3.8, 4) is 5.88 Å². The molecule has 0 bridgehead atoms. The van der Waals surface area contributed by atoms with Crippen molar-refractivity contribution in [3.05, 3.63) is 47.5 Å². The highest BCUT2D eigenvalue weighted by Gasteiger charge is 2.29. The van der Waals surface area contributed by atoms with Crippen LogP contribution in [-0.2, 0) is 17.8 Å². The van der Waals surface area contributed by atoms with Crippen molar-refractivity contribution in [1.82, 2.24) is 25.1 Å². The summed E-state index contributed by atoms with van der Waals surface area (Å²) in [7, 11) is 0. The second-order valence-corrected chi connectivity index (χ2v) is 7.20. The topological polar surface area (TPSA) is 122 Å². The van der Waals surface area contributed by atoms with Crippen molar-refractivity contribution in [1.29, 1.82) is 0 Å². The van der Waals surface area contributed by atoms with Gasteiger partial charge in [-0.25, -0.2) is 4.98 Å². The number of aliphatic hydroxyl groups excluding tert-OH is 2. The highest BCUT2D eigenvalue weighted by molar-refractivity contribution is 5.86. The first-order chi connectivity index (χ1) is 15.1. The number of nitrogens with one attached hydrogen (secondary N) is 1. The summed E-state index contributed by atoms with van der Waals surface area (Å²) in [5, 5.41) is 25.8. The Kier molecular flexibility index (Phi) is 7.26. The van der Waals surface area contributed by atoms with Crippen LogP contribution in [0.1, 0.15) is 16.8 Å². The molecule has 3 heterocycles. The number of ether oxygens (including phenoxy) is 1. The minimum Gasteiger partial charge on any atom is -0.468 e. The summed E-state index contributed by atoms with van der Waals surface area (Å²) < 4.78 is 43.3. The van der Waals surface area contributed by atoms with E-state index in [0.29, 0.717) is 34.3 Å². The number of carbonyl (C=O) groups excluding carboxylic acids is 1. The van der Waals surface area contributed by atoms with Crippen LogP contribution in [0.4, 0.5) is 13.2 Å². The number of rotatable bonds is 9. The van der Waals surface area contributed by atoms with Gasteiger partial charge in [0.15, 0.2) is 6.61 Å². The van der Waals surface area contributed by atoms with Crippen LogP contribution in [0.5, 0.6) is 5.88 Å². The largest absolute Gasteiger partial charge is 0.468 e. The molecule has 0 spiro atoms. The lowest BCUT2D eigenvalue weighted by molar-refractivity contribution is -0.154. The maximum atomic E-state index is 12.3. The van der Waals surface area contributed by atoms with Crippen LogP contribution < -0.4 is 10.1 Å². The summed E-state index contributed by atoms with van der Waals surface area (Å²) >= 11 is 0. The number of fused-ring (bicyclic) bond motifs is 1. The predicted octanol–water partition coefficient (Wildman–Crippen LogP) is 1.14. The fourth-order valence-electron chi connectivity index (χ4n) is 2.98. The molecular weight excluding hydrogens is 431 g/mol. The van der Waals surface area contributed by atoms with Crippen molar-refractivity contribution >= 4 is 16.8 Å². The van der Waals surface area contributed by atoms with E-state index in [9.17, 15) is 23.1 Å². The highest BCUT2D eigenvalue weighted by Crippen LogP contribution is 2.21. The molecule has 0 aliphatic heterocycles. The zero-order chi connectivity index (χ0) is 23.3. The van der Waals surface area contributed by atoms with Gasteiger partial charge in [0.2, 0.25) is 11.8 Å². The minimum atomic E-state index is -4.44. The molecule has 0 radical (unpaired) electrons. The number of halogens is 3. The van der Waals surface area contributed by atoms with E-state index in [1.54, 1.807) is 29.9 Å². The van der Waals surface area contributed by atoms with Crippen LogP contribution >= 0.6 is 0 Å². The van der Waals surface area contributed by atoms with Gasteiger partial charge in [-0.15, -0.1) is 0 Å². The zero-order valence-corrected chi connectivity index (χ0v) is 17.1. The zero-order valence-electron chi connectivity index (χ0n) is 17.1. The number of aliphatic hydroxyl groups is 2. The van der Waals surface area contributed by atoms with E-state index in [-0.39, 0.29) is 24.8 Å². The van der Waals surface area contributed by atoms with Crippen molar-refractivity contribution in [2.75, 3.05) is 19.8 Å². The van der Waals surface area contributed by atoms with Gasteiger partial charge in [-0.1, -0.05) is 0 Å². The number of alkyl halides is 3. The maximum absolute atomic E-state index is 12.3. The van der Waals surface area contributed by atoms with Crippen LogP contribution in [-0.4, -0.2) is 67.9 Å². The lowest BCUT2D eigenvalue weighted by Gasteiger charge is -2.11. The molecule has 0 aliphatic carbocycles. The van der Waals surface area contributed by atoms with Crippen molar-refractivity contribution < 1.29 is 32.9 Å². The molecule has 0 saturated carbocycles. The molecule has 3 N–H and O–H groups in total. The first kappa shape index (κ1) is 23.4. The molecule has 1 atom stereocenters. The number of carbonyl (C=O) groups is 1. The third-order valence-corrected chi connectivity index (χ3v) is 4.44. The molecule has 0 saturated heterocycles. The molecule has 3 rings (SSSR count). The molecule has 1 amide bonds. The molecule has 0 aliphatic rings. The third-order valence-electron chi connectivity index (χ3n) is 4.44. The standard InChI is InChI=1S/C20H22F3N5O4/c1-12-4-13(6-26-19(12)32-11-20(21,22)23)8-28-9-15-16(27-28)2-3-24-17(15)5-18(31)25-7-14(30)10-29/h2-4,6,9,14,29-30H,5,7-8,10-11H2,1H3,(H,25,31)/t14-/m0/s1. The summed E-state index contributed by atoms with van der Waals surface area (Å²) in [5.74, 6) is -0.444. The fraction of sp³-hybridized carbons (Fsp3) is 0.400. The number of aryl methyl sites for hydroxylation is 1. The van der Waals surface area contributed by atoms with E-state index >= 15 is 0 Å². The molecule has 0 aromatic carbocycles. The van der Waals surface area contributed by atoms with Gasteiger partial charge in [-0.05, 0) is 24.6 Å². The summed E-state index contributed by atoms with van der Waals surface area (Å²) in [5.41, 5.74) is 2.29. The van der Waals surface area contributed by atoms with Crippen molar-refractivity contribution in [2.24, 2.45) is 0 Å². The van der Waals surface area contributed by atoms with E-state index in [1.807, 2.05) is 0 Å². The molecule has 12 heteroatoms. The Balaban J connectivity index is 1.70. The van der Waals surface area contributed by atoms with Gasteiger partial charge in [0.25, 0.3) is 0 Å². The molecule has 172 valence electrons. The number of aromatic nitrogens is 4. The van der Waals surface area contributed by atoms with E-state index in [2.05, 4.69) is 20.4 Å². The minimum absolute atomic E-state index is 0.0346. The summed E-state index contributed by atoms with van der Waals surface area (Å²) in [4.78, 5) is 20.3. The Morgan fingerprint density at radius 3 is 2.81 bits per heavy atom. The number of pyridine rings is 2. The van der Waals surface area contributed by atoms with Crippen LogP contribution in [0, 0.1) is 6.92 Å². The molecule has 9 nitrogen and oxygen atoms in total. The summed E-state index contributed by atoms with van der Waals surface area (Å²) in [6.45, 7) is -0.0239. The van der Waals surface area contributed by atoms with Gasteiger partial charge in [0.05, 0.1) is 36.9 Å². The van der Waals surface area contributed by atoms with E-state index < -0.39 is 25.5 Å². The fourth-order valence-corrected chi connectivity index (χ4v) is 2.98. The van der Waals surface area contributed by atoms with E-state index in [0.717, 1.165) is 0 Å². The lowest BCUT2D eigenvalue weighted by Crippen LogP contribution is -2.34. The van der Waals surface area contributed by atoms with Gasteiger partial charge in [0.1, 0.15) is 0 Å². The second kappa shape index (κ2) is 9.92. The number of nitrogens with zero attached hydrogens (tertiary/aromatic N) is 4. The Bertz CT molecular complexity index is 1090. The molecule has 0 fully saturated rings.